The molecule has 1 aliphatic rings. The van der Waals surface area contributed by atoms with E-state index in [1.807, 2.05) is 0 Å². The van der Waals surface area contributed by atoms with Crippen molar-refractivity contribution < 1.29 is 14.3 Å². The zero-order valence-electron chi connectivity index (χ0n) is 9.57. The minimum absolute atomic E-state index is 0.208. The Hall–Kier alpha value is -1.84. The Morgan fingerprint density at radius 3 is 2.31 bits per heavy atom. The van der Waals surface area contributed by atoms with Gasteiger partial charge in [0, 0.05) is 19.9 Å². The standard InChI is InChI=1S/C6H9NO.C6H8O2/c1-2-7-5-3-4-6(7)8;1-4-5(2)8-6(3)7/h2H,1,3-5H2;4H,1-2H2,3H3. The van der Waals surface area contributed by atoms with Crippen LogP contribution in [0.2, 0.25) is 0 Å². The molecule has 1 fully saturated rings. The highest BCUT2D eigenvalue weighted by Crippen LogP contribution is 2.08. The van der Waals surface area contributed by atoms with E-state index in [0.717, 1.165) is 13.0 Å². The van der Waals surface area contributed by atoms with Gasteiger partial charge in [-0.1, -0.05) is 19.7 Å². The van der Waals surface area contributed by atoms with Gasteiger partial charge >= 0.3 is 5.97 Å². The first-order chi connectivity index (χ1) is 7.51. The Labute approximate surface area is 95.9 Å². The summed E-state index contributed by atoms with van der Waals surface area (Å²) in [6, 6.07) is 0. The zero-order valence-corrected chi connectivity index (χ0v) is 9.57. The third kappa shape index (κ3) is 5.80. The van der Waals surface area contributed by atoms with Crippen LogP contribution in [0.25, 0.3) is 0 Å². The molecule has 0 saturated carbocycles. The van der Waals surface area contributed by atoms with Crippen LogP contribution in [-0.2, 0) is 14.3 Å². The minimum Gasteiger partial charge on any atom is -0.427 e. The summed E-state index contributed by atoms with van der Waals surface area (Å²) in [6.07, 6.45) is 4.66. The molecule has 0 N–H and O–H groups in total. The van der Waals surface area contributed by atoms with Gasteiger partial charge in [-0.05, 0) is 18.7 Å². The van der Waals surface area contributed by atoms with Gasteiger partial charge in [0.05, 0.1) is 0 Å². The zero-order chi connectivity index (χ0) is 12.6. The smallest absolute Gasteiger partial charge is 0.308 e. The van der Waals surface area contributed by atoms with Crippen LogP contribution in [0.3, 0.4) is 0 Å². The summed E-state index contributed by atoms with van der Waals surface area (Å²) in [5, 5.41) is 0. The summed E-state index contributed by atoms with van der Waals surface area (Å²) in [6.45, 7) is 12.4. The average molecular weight is 223 g/mol. The van der Waals surface area contributed by atoms with Gasteiger partial charge < -0.3 is 9.64 Å². The summed E-state index contributed by atoms with van der Waals surface area (Å²) in [5.41, 5.74) is 0. The molecule has 0 bridgehead atoms. The molecule has 0 spiro atoms. The topological polar surface area (TPSA) is 46.6 Å². The number of carbonyl (C=O) groups is 2. The Morgan fingerprint density at radius 1 is 1.50 bits per heavy atom. The van der Waals surface area contributed by atoms with Crippen molar-refractivity contribution >= 4 is 11.9 Å². The molecule has 1 aliphatic heterocycles. The number of hydrogen-bond acceptors (Lipinski definition) is 3. The lowest BCUT2D eigenvalue weighted by molar-refractivity contribution is -0.136. The van der Waals surface area contributed by atoms with Gasteiger partial charge in [-0.25, -0.2) is 0 Å². The fraction of sp³-hybridized carbons (Fsp3) is 0.333. The molecule has 0 unspecified atom stereocenters. The van der Waals surface area contributed by atoms with E-state index in [1.54, 1.807) is 11.1 Å². The van der Waals surface area contributed by atoms with E-state index in [1.165, 1.54) is 13.0 Å². The van der Waals surface area contributed by atoms with E-state index in [9.17, 15) is 9.59 Å². The fourth-order valence-corrected chi connectivity index (χ4v) is 1.09. The maximum absolute atomic E-state index is 10.7. The summed E-state index contributed by atoms with van der Waals surface area (Å²) in [5.74, 6) is 0.132. The van der Waals surface area contributed by atoms with E-state index < -0.39 is 0 Å². The Balaban J connectivity index is 0.000000281. The van der Waals surface area contributed by atoms with Crippen LogP contribution in [0, 0.1) is 0 Å². The Kier molecular flexibility index (Phi) is 6.59. The second-order valence-electron chi connectivity index (χ2n) is 3.14. The largest absolute Gasteiger partial charge is 0.427 e. The first-order valence-corrected chi connectivity index (χ1v) is 4.93. The van der Waals surface area contributed by atoms with Crippen LogP contribution < -0.4 is 0 Å². The molecule has 1 amide bonds. The average Bonchev–Trinajstić information content (AvgIpc) is 2.63. The van der Waals surface area contributed by atoms with Gasteiger partial charge in [0.1, 0.15) is 5.76 Å². The van der Waals surface area contributed by atoms with E-state index in [-0.39, 0.29) is 17.6 Å². The number of amides is 1. The summed E-state index contributed by atoms with van der Waals surface area (Å²) in [4.78, 5) is 22.4. The second kappa shape index (κ2) is 7.45. The fourth-order valence-electron chi connectivity index (χ4n) is 1.09. The maximum atomic E-state index is 10.7. The highest BCUT2D eigenvalue weighted by molar-refractivity contribution is 5.78. The highest BCUT2D eigenvalue weighted by Gasteiger charge is 2.15. The van der Waals surface area contributed by atoms with Gasteiger partial charge in [-0.2, -0.15) is 0 Å². The molecule has 4 nitrogen and oxygen atoms in total. The molecule has 4 heteroatoms. The number of carbonyl (C=O) groups excluding carboxylic acids is 2. The van der Waals surface area contributed by atoms with Gasteiger partial charge in [0.25, 0.3) is 0 Å². The quantitative estimate of drug-likeness (QED) is 0.417. The van der Waals surface area contributed by atoms with E-state index in [2.05, 4.69) is 24.5 Å². The van der Waals surface area contributed by atoms with Crippen LogP contribution in [-0.4, -0.2) is 23.3 Å². The maximum Gasteiger partial charge on any atom is 0.308 e. The molecule has 0 atom stereocenters. The number of rotatable bonds is 3. The summed E-state index contributed by atoms with van der Waals surface area (Å²) < 4.78 is 4.45. The predicted molar refractivity (Wildman–Crippen MR) is 62.2 cm³/mol. The van der Waals surface area contributed by atoms with Crippen molar-refractivity contribution in [2.45, 2.75) is 19.8 Å². The monoisotopic (exact) mass is 223 g/mol. The molecule has 0 aliphatic carbocycles. The molecule has 1 saturated heterocycles. The van der Waals surface area contributed by atoms with Gasteiger partial charge in [-0.15, -0.1) is 0 Å². The number of likely N-dealkylation sites (tertiary alicyclic amines) is 1. The van der Waals surface area contributed by atoms with Crippen LogP contribution in [0.1, 0.15) is 19.8 Å². The SMILES string of the molecule is C=CC(=C)OC(C)=O.C=CN1CCCC1=O. The van der Waals surface area contributed by atoms with Crippen LogP contribution in [0.5, 0.6) is 0 Å². The Morgan fingerprint density at radius 2 is 2.12 bits per heavy atom. The minimum atomic E-state index is -0.366. The number of allylic oxidation sites excluding steroid dienone is 1. The van der Waals surface area contributed by atoms with Crippen LogP contribution in [0.15, 0.2) is 37.8 Å². The second-order valence-corrected chi connectivity index (χ2v) is 3.14. The Bertz CT molecular complexity index is 307. The van der Waals surface area contributed by atoms with Crippen molar-refractivity contribution in [3.63, 3.8) is 0 Å². The molecule has 0 aromatic heterocycles. The highest BCUT2D eigenvalue weighted by atomic mass is 16.5. The van der Waals surface area contributed by atoms with E-state index in [4.69, 9.17) is 0 Å². The first kappa shape index (κ1) is 14.2. The number of nitrogens with zero attached hydrogens (tertiary/aromatic N) is 1. The van der Waals surface area contributed by atoms with Crippen molar-refractivity contribution in [2.24, 2.45) is 0 Å². The van der Waals surface area contributed by atoms with Crippen LogP contribution >= 0.6 is 0 Å². The molecule has 1 heterocycles. The molecule has 16 heavy (non-hydrogen) atoms. The molecular formula is C12H17NO3. The van der Waals surface area contributed by atoms with E-state index >= 15 is 0 Å². The summed E-state index contributed by atoms with van der Waals surface area (Å²) in [7, 11) is 0. The number of ether oxygens (including phenoxy) is 1. The lowest BCUT2D eigenvalue weighted by Gasteiger charge is -2.05. The normalized spacial score (nSPS) is 13.6. The molecule has 0 radical (unpaired) electrons. The third-order valence-electron chi connectivity index (χ3n) is 1.83. The lowest BCUT2D eigenvalue weighted by Crippen LogP contribution is -2.16. The van der Waals surface area contributed by atoms with Crippen molar-refractivity contribution in [3.8, 4) is 0 Å². The van der Waals surface area contributed by atoms with Crippen molar-refractivity contribution in [3.05, 3.63) is 37.8 Å². The molecule has 0 aromatic rings. The molecular weight excluding hydrogens is 206 g/mol. The van der Waals surface area contributed by atoms with Crippen molar-refractivity contribution in [1.82, 2.24) is 4.90 Å². The van der Waals surface area contributed by atoms with E-state index in [0.29, 0.717) is 6.42 Å². The first-order valence-electron chi connectivity index (χ1n) is 4.93. The van der Waals surface area contributed by atoms with Crippen molar-refractivity contribution in [2.75, 3.05) is 6.54 Å². The van der Waals surface area contributed by atoms with Gasteiger partial charge in [0.2, 0.25) is 5.91 Å². The molecule has 88 valence electrons. The summed E-state index contributed by atoms with van der Waals surface area (Å²) >= 11 is 0. The van der Waals surface area contributed by atoms with Gasteiger partial charge in [-0.3, -0.25) is 9.59 Å². The number of hydrogen-bond donors (Lipinski definition) is 0. The predicted octanol–water partition coefficient (Wildman–Crippen LogP) is 2.00. The van der Waals surface area contributed by atoms with Crippen LogP contribution in [0.4, 0.5) is 0 Å². The van der Waals surface area contributed by atoms with Crippen molar-refractivity contribution in [1.29, 1.82) is 0 Å². The molecule has 0 aromatic carbocycles. The molecule has 1 rings (SSSR count). The number of esters is 1. The third-order valence-corrected chi connectivity index (χ3v) is 1.83. The van der Waals surface area contributed by atoms with Gasteiger partial charge in [0.15, 0.2) is 0 Å². The lowest BCUT2D eigenvalue weighted by atomic mass is 10.4.